The molecule has 5 atom stereocenters. The Morgan fingerprint density at radius 3 is 2.39 bits per heavy atom. The van der Waals surface area contributed by atoms with Gasteiger partial charge in [0.15, 0.2) is 6.29 Å². The Morgan fingerprint density at radius 2 is 1.76 bits per heavy atom. The number of rotatable bonds is 15. The van der Waals surface area contributed by atoms with Crippen molar-refractivity contribution in [3.8, 4) is 0 Å². The number of hydrogen-bond donors (Lipinski definition) is 4. The molecule has 1 aliphatic rings. The van der Waals surface area contributed by atoms with Gasteiger partial charge < -0.3 is 20.4 Å². The van der Waals surface area contributed by atoms with Crippen molar-refractivity contribution in [2.45, 2.75) is 131 Å². The van der Waals surface area contributed by atoms with Gasteiger partial charge in [-0.15, -0.1) is 0 Å². The first-order chi connectivity index (χ1) is 15.3. The predicted molar refractivity (Wildman–Crippen MR) is 139 cm³/mol. The maximum Gasteiger partial charge on any atom is 0.154 e. The van der Waals surface area contributed by atoms with Crippen LogP contribution in [-0.4, -0.2) is 38.4 Å². The zero-order chi connectivity index (χ0) is 25.2. The molecule has 0 aromatic heterocycles. The summed E-state index contributed by atoms with van der Waals surface area (Å²) in [6.07, 6.45) is 12.3. The Labute approximate surface area is 203 Å². The Morgan fingerprint density at radius 1 is 1.09 bits per heavy atom. The van der Waals surface area contributed by atoms with Crippen molar-refractivity contribution in [3.05, 3.63) is 34.4 Å². The van der Waals surface area contributed by atoms with Gasteiger partial charge in [0, 0.05) is 11.8 Å². The minimum Gasteiger partial charge on any atom is -0.390 e. The summed E-state index contributed by atoms with van der Waals surface area (Å²) in [6, 6.07) is 0. The third-order valence-electron chi connectivity index (χ3n) is 7.87. The van der Waals surface area contributed by atoms with Crippen LogP contribution in [0.1, 0.15) is 113 Å². The molecule has 4 heteroatoms. The third kappa shape index (κ3) is 11.4. The Kier molecular flexibility index (Phi) is 13.2. The van der Waals surface area contributed by atoms with Crippen molar-refractivity contribution in [1.82, 2.24) is 0 Å². The van der Waals surface area contributed by atoms with E-state index in [2.05, 4.69) is 46.8 Å². The maximum absolute atomic E-state index is 10.6. The Hall–Kier alpha value is -0.940. The molecular weight excluding hydrogens is 412 g/mol. The van der Waals surface area contributed by atoms with E-state index in [-0.39, 0.29) is 17.9 Å². The molecule has 0 fully saturated rings. The molecule has 0 heterocycles. The summed E-state index contributed by atoms with van der Waals surface area (Å²) >= 11 is 0. The summed E-state index contributed by atoms with van der Waals surface area (Å²) in [7, 11) is 0. The topological polar surface area (TPSA) is 80.9 Å². The summed E-state index contributed by atoms with van der Waals surface area (Å²) in [5.41, 5.74) is 4.72. The van der Waals surface area contributed by atoms with Gasteiger partial charge in [-0.2, -0.15) is 0 Å². The molecule has 1 rings (SSSR count). The normalized spacial score (nSPS) is 23.5. The lowest BCUT2D eigenvalue weighted by atomic mass is 9.81. The van der Waals surface area contributed by atoms with Crippen molar-refractivity contribution >= 4 is 0 Å². The molecule has 4 nitrogen and oxygen atoms in total. The average Bonchev–Trinajstić information content (AvgIpc) is 2.73. The van der Waals surface area contributed by atoms with Crippen LogP contribution in [0.25, 0.3) is 0 Å². The molecule has 0 bridgehead atoms. The van der Waals surface area contributed by atoms with Crippen LogP contribution in [-0.2, 0) is 0 Å². The first-order valence-corrected chi connectivity index (χ1v) is 13.1. The van der Waals surface area contributed by atoms with E-state index < -0.39 is 11.9 Å². The van der Waals surface area contributed by atoms with E-state index in [0.29, 0.717) is 18.8 Å². The fraction of sp³-hybridized carbons (Fsp3) is 0.793. The third-order valence-corrected chi connectivity index (χ3v) is 7.87. The number of aliphatic hydroxyl groups is 4. The zero-order valence-electron chi connectivity index (χ0n) is 22.4. The van der Waals surface area contributed by atoms with E-state index in [1.807, 2.05) is 13.8 Å². The molecule has 0 aromatic rings. The van der Waals surface area contributed by atoms with Crippen LogP contribution < -0.4 is 0 Å². The molecule has 5 unspecified atom stereocenters. The molecule has 33 heavy (non-hydrogen) atoms. The molecular formula is C29H52O4. The molecule has 0 saturated carbocycles. The highest BCUT2D eigenvalue weighted by Gasteiger charge is 2.23. The van der Waals surface area contributed by atoms with E-state index in [0.717, 1.165) is 38.5 Å². The van der Waals surface area contributed by atoms with Gasteiger partial charge in [-0.25, -0.2) is 0 Å². The quantitative estimate of drug-likeness (QED) is 0.166. The second kappa shape index (κ2) is 14.5. The van der Waals surface area contributed by atoms with E-state index in [4.69, 9.17) is 10.2 Å². The van der Waals surface area contributed by atoms with E-state index >= 15 is 0 Å². The van der Waals surface area contributed by atoms with Crippen LogP contribution in [0, 0.1) is 17.8 Å². The summed E-state index contributed by atoms with van der Waals surface area (Å²) in [5.74, 6) is 0.752. The highest BCUT2D eigenvalue weighted by Crippen LogP contribution is 2.33. The fourth-order valence-corrected chi connectivity index (χ4v) is 4.68. The number of hydrogen-bond acceptors (Lipinski definition) is 4. The van der Waals surface area contributed by atoms with Crippen LogP contribution in [0.4, 0.5) is 0 Å². The maximum atomic E-state index is 10.6. The number of allylic oxidation sites excluding steroid dienone is 4. The van der Waals surface area contributed by atoms with Crippen molar-refractivity contribution in [1.29, 1.82) is 0 Å². The minimum absolute atomic E-state index is 0.148. The zero-order valence-corrected chi connectivity index (χ0v) is 22.4. The monoisotopic (exact) mass is 464 g/mol. The van der Waals surface area contributed by atoms with E-state index in [1.54, 1.807) is 0 Å². The van der Waals surface area contributed by atoms with Crippen molar-refractivity contribution in [2.75, 3.05) is 0 Å². The Balaban J connectivity index is 2.27. The van der Waals surface area contributed by atoms with Crippen LogP contribution in [0.5, 0.6) is 0 Å². The molecule has 0 amide bonds. The van der Waals surface area contributed by atoms with Gasteiger partial charge in [-0.3, -0.25) is 0 Å². The van der Waals surface area contributed by atoms with Crippen molar-refractivity contribution < 1.29 is 20.4 Å². The number of aliphatic hydroxyl groups excluding tert-OH is 2. The molecule has 1 aliphatic carbocycles. The molecule has 192 valence electrons. The first-order valence-electron chi connectivity index (χ1n) is 13.1. The molecule has 0 saturated heterocycles. The summed E-state index contributed by atoms with van der Waals surface area (Å²) in [6.45, 7) is 14.7. The van der Waals surface area contributed by atoms with Gasteiger partial charge in [-0.05, 0) is 96.1 Å². The van der Waals surface area contributed by atoms with Gasteiger partial charge >= 0.3 is 0 Å². The van der Waals surface area contributed by atoms with Crippen LogP contribution in [0.2, 0.25) is 0 Å². The molecule has 4 N–H and O–H groups in total. The van der Waals surface area contributed by atoms with Gasteiger partial charge in [0.25, 0.3) is 0 Å². The SMILES string of the molecule is CC1=C(C)C(C)C(O)C=C1CCC(C)CCC/C(C)=C/CCC(C)(O)CCCC(C)C(O)O. The summed E-state index contributed by atoms with van der Waals surface area (Å²) in [4.78, 5) is 0. The first kappa shape index (κ1) is 30.1. The molecule has 0 aliphatic heterocycles. The van der Waals surface area contributed by atoms with Crippen molar-refractivity contribution in [3.63, 3.8) is 0 Å². The molecule has 0 aromatic carbocycles. The van der Waals surface area contributed by atoms with E-state index in [1.165, 1.54) is 35.1 Å². The lowest BCUT2D eigenvalue weighted by Crippen LogP contribution is -2.24. The highest BCUT2D eigenvalue weighted by atomic mass is 16.5. The Bertz CT molecular complexity index is 671. The fourth-order valence-electron chi connectivity index (χ4n) is 4.68. The summed E-state index contributed by atoms with van der Waals surface area (Å²) < 4.78 is 0. The average molecular weight is 465 g/mol. The highest BCUT2D eigenvalue weighted by molar-refractivity contribution is 5.39. The second-order valence-electron chi connectivity index (χ2n) is 11.2. The van der Waals surface area contributed by atoms with Crippen molar-refractivity contribution in [2.24, 2.45) is 17.8 Å². The van der Waals surface area contributed by atoms with Gasteiger partial charge in [-0.1, -0.05) is 56.9 Å². The van der Waals surface area contributed by atoms with Crippen LogP contribution in [0.15, 0.2) is 34.4 Å². The standard InChI is InChI=1S/C29H52O4/c1-20(13-9-17-29(7,33)18-10-14-22(3)28(31)32)11-8-12-21(2)15-16-26-19-27(30)25(6)23(4)24(26)5/h13,19,21-22,25,27-28,30-33H,8-12,14-18H2,1-7H3/b20-13+. The van der Waals surface area contributed by atoms with E-state index in [9.17, 15) is 10.2 Å². The predicted octanol–water partition coefficient (Wildman–Crippen LogP) is 6.44. The molecule has 0 radical (unpaired) electrons. The second-order valence-corrected chi connectivity index (χ2v) is 11.2. The van der Waals surface area contributed by atoms with Crippen LogP contribution in [0.3, 0.4) is 0 Å². The molecule has 0 spiro atoms. The largest absolute Gasteiger partial charge is 0.390 e. The smallest absolute Gasteiger partial charge is 0.154 e. The summed E-state index contributed by atoms with van der Waals surface area (Å²) in [5, 5.41) is 39.2. The minimum atomic E-state index is -1.27. The van der Waals surface area contributed by atoms with Gasteiger partial charge in [0.2, 0.25) is 0 Å². The van der Waals surface area contributed by atoms with Crippen LogP contribution >= 0.6 is 0 Å². The van der Waals surface area contributed by atoms with Gasteiger partial charge in [0.1, 0.15) is 0 Å². The lowest BCUT2D eigenvalue weighted by molar-refractivity contribution is -0.0821. The van der Waals surface area contributed by atoms with Gasteiger partial charge in [0.05, 0.1) is 11.7 Å². The lowest BCUT2D eigenvalue weighted by Gasteiger charge is -2.27.